The van der Waals surface area contributed by atoms with E-state index in [0.29, 0.717) is 35.8 Å². The Hall–Kier alpha value is -2.35. The van der Waals surface area contributed by atoms with Crippen LogP contribution in [0.25, 0.3) is 6.20 Å². The molecule has 6 rings (SSSR count). The highest BCUT2D eigenvalue weighted by Crippen LogP contribution is 2.53. The van der Waals surface area contributed by atoms with Crippen LogP contribution in [-0.4, -0.2) is 53.4 Å². The fourth-order valence-corrected chi connectivity index (χ4v) is 6.87. The molecular weight excluding hydrogens is 454 g/mol. The first-order valence-electron chi connectivity index (χ1n) is 13.9. The van der Waals surface area contributed by atoms with Crippen molar-refractivity contribution >= 4 is 18.0 Å². The third kappa shape index (κ3) is 5.34. The molecule has 8 heteroatoms. The van der Waals surface area contributed by atoms with E-state index in [9.17, 15) is 9.59 Å². The predicted molar refractivity (Wildman–Crippen MR) is 139 cm³/mol. The average Bonchev–Trinajstić information content (AvgIpc) is 3.48. The van der Waals surface area contributed by atoms with Crippen molar-refractivity contribution < 1.29 is 14.3 Å². The molecule has 0 spiro atoms. The summed E-state index contributed by atoms with van der Waals surface area (Å²) in [6.45, 7) is 10.2. The third-order valence-corrected chi connectivity index (χ3v) is 8.69. The second-order valence-corrected chi connectivity index (χ2v) is 12.6. The van der Waals surface area contributed by atoms with Gasteiger partial charge in [0.25, 0.3) is 5.91 Å². The fourth-order valence-electron chi connectivity index (χ4n) is 6.87. The van der Waals surface area contributed by atoms with Crippen LogP contribution in [0.4, 0.5) is 0 Å². The van der Waals surface area contributed by atoms with Crippen LogP contribution in [-0.2, 0) is 4.79 Å². The van der Waals surface area contributed by atoms with Gasteiger partial charge < -0.3 is 20.7 Å². The summed E-state index contributed by atoms with van der Waals surface area (Å²) in [7, 11) is 0. The number of ether oxygens (including phenoxy) is 1. The molecule has 2 heterocycles. The smallest absolute Gasteiger partial charge is 0.258 e. The molecule has 0 aromatic carbocycles. The van der Waals surface area contributed by atoms with Crippen molar-refractivity contribution in [3.8, 4) is 5.88 Å². The molecule has 1 aromatic heterocycles. The molecule has 1 aliphatic heterocycles. The summed E-state index contributed by atoms with van der Waals surface area (Å²) in [4.78, 5) is 26.4. The van der Waals surface area contributed by atoms with E-state index in [4.69, 9.17) is 4.74 Å². The molecule has 1 saturated heterocycles. The number of nitrogens with one attached hydrogen (secondary N) is 3. The Bertz CT molecular complexity index is 963. The summed E-state index contributed by atoms with van der Waals surface area (Å²) in [5, 5.41) is 14.3. The zero-order chi connectivity index (χ0) is 25.4. The maximum absolute atomic E-state index is 13.5. The summed E-state index contributed by atoms with van der Waals surface area (Å²) < 4.78 is 7.71. The summed E-state index contributed by atoms with van der Waals surface area (Å²) in [6.07, 6.45) is 12.5. The van der Waals surface area contributed by atoms with Crippen molar-refractivity contribution in [1.29, 1.82) is 0 Å². The second-order valence-electron chi connectivity index (χ2n) is 12.6. The molecule has 8 nitrogen and oxygen atoms in total. The van der Waals surface area contributed by atoms with Crippen LogP contribution >= 0.6 is 0 Å². The standard InChI is InChI=1S/C28H43N5O3/c1-17(2)16-36-26-23(25(34)32-24-20-10-18-9-19(12-20)13-21(24)11-18)15-30-33(26)8-6-28(3,4)27(35)31-22-5-7-29-14-22/h6,8,15,17-22,24,29H,5,7,9-14,16H2,1-4H3,(H,31,35)(H,32,34)/b8-6+/t18?,19?,20?,21?,22-,24?/m1/s1. The SMILES string of the molecule is CC(C)COc1c(C(=O)NC2C3CC4CC(C3)CC2C4)cnn1/C=C/C(C)(C)C(=O)N[C@@H]1CCNC1. The lowest BCUT2D eigenvalue weighted by atomic mass is 9.54. The Labute approximate surface area is 215 Å². The van der Waals surface area contributed by atoms with Crippen molar-refractivity contribution in [2.75, 3.05) is 19.7 Å². The van der Waals surface area contributed by atoms with Gasteiger partial charge in [0.05, 0.1) is 18.2 Å². The summed E-state index contributed by atoms with van der Waals surface area (Å²) in [6, 6.07) is 0.426. The first-order valence-corrected chi connectivity index (χ1v) is 13.9. The van der Waals surface area contributed by atoms with Gasteiger partial charge in [-0.3, -0.25) is 9.59 Å². The van der Waals surface area contributed by atoms with Crippen molar-refractivity contribution in [3.63, 3.8) is 0 Å². The third-order valence-electron chi connectivity index (χ3n) is 8.69. The van der Waals surface area contributed by atoms with E-state index in [-0.39, 0.29) is 23.9 Å². The Balaban J connectivity index is 1.30. The second kappa shape index (κ2) is 10.2. The number of hydrogen-bond donors (Lipinski definition) is 3. The molecule has 5 aliphatic rings. The van der Waals surface area contributed by atoms with Crippen LogP contribution in [0.15, 0.2) is 12.3 Å². The van der Waals surface area contributed by atoms with Crippen molar-refractivity contribution in [1.82, 2.24) is 25.7 Å². The lowest BCUT2D eigenvalue weighted by Crippen LogP contribution is -2.55. The Morgan fingerprint density at radius 1 is 1.17 bits per heavy atom. The van der Waals surface area contributed by atoms with Gasteiger partial charge in [0.2, 0.25) is 11.8 Å². The first-order chi connectivity index (χ1) is 17.2. The minimum Gasteiger partial charge on any atom is -0.477 e. The van der Waals surface area contributed by atoms with Crippen LogP contribution in [0.1, 0.15) is 76.6 Å². The van der Waals surface area contributed by atoms with Gasteiger partial charge in [-0.2, -0.15) is 5.10 Å². The van der Waals surface area contributed by atoms with Gasteiger partial charge in [-0.05, 0) is 88.5 Å². The molecule has 1 aromatic rings. The minimum atomic E-state index is -0.729. The van der Waals surface area contributed by atoms with Gasteiger partial charge in [-0.25, -0.2) is 4.68 Å². The number of carbonyl (C=O) groups excluding carboxylic acids is 2. The molecule has 198 valence electrons. The number of aromatic nitrogens is 2. The van der Waals surface area contributed by atoms with Crippen LogP contribution in [0, 0.1) is 35.0 Å². The topological polar surface area (TPSA) is 97.3 Å². The monoisotopic (exact) mass is 497 g/mol. The number of carbonyl (C=O) groups is 2. The summed E-state index contributed by atoms with van der Waals surface area (Å²) in [5.74, 6) is 3.56. The molecule has 36 heavy (non-hydrogen) atoms. The summed E-state index contributed by atoms with van der Waals surface area (Å²) >= 11 is 0. The van der Waals surface area contributed by atoms with Crippen LogP contribution in [0.3, 0.4) is 0 Å². The number of amides is 2. The van der Waals surface area contributed by atoms with Gasteiger partial charge in [-0.15, -0.1) is 0 Å². The van der Waals surface area contributed by atoms with Gasteiger partial charge in [-0.1, -0.05) is 19.9 Å². The van der Waals surface area contributed by atoms with Crippen LogP contribution in [0.5, 0.6) is 5.88 Å². The molecular formula is C28H43N5O3. The van der Waals surface area contributed by atoms with Gasteiger partial charge in [0, 0.05) is 24.8 Å². The Morgan fingerprint density at radius 3 is 2.47 bits per heavy atom. The van der Waals surface area contributed by atoms with E-state index in [1.807, 2.05) is 19.9 Å². The Kier molecular flexibility index (Phi) is 7.16. The van der Waals surface area contributed by atoms with Gasteiger partial charge in [0.1, 0.15) is 5.56 Å². The Morgan fingerprint density at radius 2 is 1.86 bits per heavy atom. The van der Waals surface area contributed by atoms with Crippen molar-refractivity contribution in [2.45, 2.75) is 78.3 Å². The highest BCUT2D eigenvalue weighted by Gasteiger charge is 2.48. The maximum Gasteiger partial charge on any atom is 0.258 e. The molecule has 3 N–H and O–H groups in total. The highest BCUT2D eigenvalue weighted by molar-refractivity contribution is 5.96. The van der Waals surface area contributed by atoms with Crippen LogP contribution in [0.2, 0.25) is 0 Å². The zero-order valence-corrected chi connectivity index (χ0v) is 22.3. The molecule has 5 fully saturated rings. The predicted octanol–water partition coefficient (Wildman–Crippen LogP) is 3.45. The molecule has 1 atom stereocenters. The lowest BCUT2D eigenvalue weighted by Gasteiger charge is -2.54. The number of nitrogens with zero attached hydrogens (tertiary/aromatic N) is 2. The average molecular weight is 498 g/mol. The van der Waals surface area contributed by atoms with E-state index in [1.165, 1.54) is 32.1 Å². The first kappa shape index (κ1) is 25.3. The zero-order valence-electron chi connectivity index (χ0n) is 22.3. The van der Waals surface area contributed by atoms with Gasteiger partial charge in [0.15, 0.2) is 0 Å². The maximum atomic E-state index is 13.5. The molecule has 2 amide bonds. The minimum absolute atomic E-state index is 0.0240. The van der Waals surface area contributed by atoms with Crippen molar-refractivity contribution in [2.24, 2.45) is 35.0 Å². The van der Waals surface area contributed by atoms with Crippen LogP contribution < -0.4 is 20.7 Å². The highest BCUT2D eigenvalue weighted by atomic mass is 16.5. The molecule has 0 radical (unpaired) electrons. The van der Waals surface area contributed by atoms with Crippen molar-refractivity contribution in [3.05, 3.63) is 17.8 Å². The number of hydrogen-bond acceptors (Lipinski definition) is 5. The van der Waals surface area contributed by atoms with E-state index < -0.39 is 5.41 Å². The largest absolute Gasteiger partial charge is 0.477 e. The summed E-state index contributed by atoms with van der Waals surface area (Å²) in [5.41, 5.74) is -0.263. The van der Waals surface area contributed by atoms with Gasteiger partial charge >= 0.3 is 0 Å². The van der Waals surface area contributed by atoms with E-state index in [1.54, 1.807) is 17.1 Å². The molecule has 4 aliphatic carbocycles. The lowest BCUT2D eigenvalue weighted by molar-refractivity contribution is -0.127. The normalized spacial score (nSPS) is 31.4. The van der Waals surface area contributed by atoms with E-state index in [2.05, 4.69) is 34.9 Å². The fraction of sp³-hybridized carbons (Fsp3) is 0.750. The van der Waals surface area contributed by atoms with E-state index >= 15 is 0 Å². The molecule has 4 bridgehead atoms. The molecule has 0 unspecified atom stereocenters. The molecule has 4 saturated carbocycles. The number of rotatable bonds is 9. The quantitative estimate of drug-likeness (QED) is 0.486. The van der Waals surface area contributed by atoms with E-state index in [0.717, 1.165) is 31.3 Å².